The van der Waals surface area contributed by atoms with Crippen LogP contribution >= 0.6 is 0 Å². The largest absolute Gasteiger partial charge is 0.333 e. The number of nitrogens with zero attached hydrogens (tertiary/aromatic N) is 4. The molecule has 0 spiro atoms. The third-order valence-corrected chi connectivity index (χ3v) is 2.82. The van der Waals surface area contributed by atoms with Crippen molar-refractivity contribution < 1.29 is 0 Å². The standard InChI is InChI=1S/C13H19N5O/c1-9(2)17-6-5-14-12(13(17)19)16-11-7-15-18(8-11)10(3)4/h5-10H,1-4H3,(H,14,16). The molecular formula is C13H19N5O. The molecule has 0 aromatic carbocycles. The Kier molecular flexibility index (Phi) is 3.69. The number of aromatic nitrogens is 4. The van der Waals surface area contributed by atoms with Crippen LogP contribution in [-0.2, 0) is 0 Å². The van der Waals surface area contributed by atoms with E-state index in [1.165, 1.54) is 0 Å². The molecule has 19 heavy (non-hydrogen) atoms. The van der Waals surface area contributed by atoms with Crippen molar-refractivity contribution in [3.8, 4) is 0 Å². The zero-order valence-corrected chi connectivity index (χ0v) is 11.7. The molecule has 0 fully saturated rings. The molecule has 0 unspecified atom stereocenters. The zero-order chi connectivity index (χ0) is 14.0. The summed E-state index contributed by atoms with van der Waals surface area (Å²) >= 11 is 0. The molecule has 0 aliphatic carbocycles. The topological polar surface area (TPSA) is 64.7 Å². The first-order valence-electron chi connectivity index (χ1n) is 6.37. The second-order valence-corrected chi connectivity index (χ2v) is 5.01. The summed E-state index contributed by atoms with van der Waals surface area (Å²) in [5, 5.41) is 7.23. The lowest BCUT2D eigenvalue weighted by molar-refractivity contribution is 0.532. The third kappa shape index (κ3) is 2.83. The molecule has 0 amide bonds. The molecule has 0 aliphatic heterocycles. The average Bonchev–Trinajstić information content (AvgIpc) is 2.80. The van der Waals surface area contributed by atoms with Gasteiger partial charge in [-0.3, -0.25) is 9.48 Å². The molecule has 0 atom stereocenters. The van der Waals surface area contributed by atoms with Gasteiger partial charge in [0.15, 0.2) is 5.82 Å². The normalized spacial score (nSPS) is 11.3. The van der Waals surface area contributed by atoms with Crippen LogP contribution in [-0.4, -0.2) is 19.3 Å². The van der Waals surface area contributed by atoms with Crippen molar-refractivity contribution in [1.29, 1.82) is 0 Å². The van der Waals surface area contributed by atoms with Crippen LogP contribution < -0.4 is 10.9 Å². The molecule has 0 aliphatic rings. The third-order valence-electron chi connectivity index (χ3n) is 2.82. The van der Waals surface area contributed by atoms with E-state index in [1.54, 1.807) is 23.2 Å². The Morgan fingerprint density at radius 2 is 1.95 bits per heavy atom. The summed E-state index contributed by atoms with van der Waals surface area (Å²) in [4.78, 5) is 16.3. The Morgan fingerprint density at radius 3 is 2.53 bits per heavy atom. The molecule has 1 N–H and O–H groups in total. The Hall–Kier alpha value is -2.11. The minimum absolute atomic E-state index is 0.106. The smallest absolute Gasteiger partial charge is 0.293 e. The van der Waals surface area contributed by atoms with Crippen molar-refractivity contribution in [3.63, 3.8) is 0 Å². The Morgan fingerprint density at radius 1 is 1.21 bits per heavy atom. The van der Waals surface area contributed by atoms with E-state index in [2.05, 4.69) is 15.4 Å². The van der Waals surface area contributed by atoms with Gasteiger partial charge in [0.25, 0.3) is 5.56 Å². The molecule has 0 radical (unpaired) electrons. The second-order valence-electron chi connectivity index (χ2n) is 5.01. The van der Waals surface area contributed by atoms with Gasteiger partial charge in [0, 0.05) is 30.7 Å². The highest BCUT2D eigenvalue weighted by atomic mass is 16.1. The summed E-state index contributed by atoms with van der Waals surface area (Å²) in [5.41, 5.74) is 0.634. The molecule has 2 heterocycles. The van der Waals surface area contributed by atoms with Crippen molar-refractivity contribution in [2.75, 3.05) is 5.32 Å². The predicted molar refractivity (Wildman–Crippen MR) is 74.8 cm³/mol. The number of nitrogens with one attached hydrogen (secondary N) is 1. The van der Waals surface area contributed by atoms with Crippen LogP contribution in [0.25, 0.3) is 0 Å². The highest BCUT2D eigenvalue weighted by Crippen LogP contribution is 2.13. The van der Waals surface area contributed by atoms with Crippen molar-refractivity contribution in [2.45, 2.75) is 39.8 Å². The molecular weight excluding hydrogens is 242 g/mol. The minimum Gasteiger partial charge on any atom is -0.333 e. The van der Waals surface area contributed by atoms with Crippen molar-refractivity contribution in [1.82, 2.24) is 19.3 Å². The highest BCUT2D eigenvalue weighted by molar-refractivity contribution is 5.52. The molecule has 6 nitrogen and oxygen atoms in total. The van der Waals surface area contributed by atoms with Crippen LogP contribution in [0, 0.1) is 0 Å². The quantitative estimate of drug-likeness (QED) is 0.917. The van der Waals surface area contributed by atoms with Gasteiger partial charge in [0.2, 0.25) is 0 Å². The van der Waals surface area contributed by atoms with Crippen LogP contribution in [0.3, 0.4) is 0 Å². The predicted octanol–water partition coefficient (Wildman–Crippen LogP) is 2.35. The lowest BCUT2D eigenvalue weighted by Gasteiger charge is -2.10. The summed E-state index contributed by atoms with van der Waals surface area (Å²) in [6.07, 6.45) is 6.86. The van der Waals surface area contributed by atoms with Crippen LogP contribution in [0.5, 0.6) is 0 Å². The van der Waals surface area contributed by atoms with Gasteiger partial charge in [-0.25, -0.2) is 4.98 Å². The summed E-state index contributed by atoms with van der Waals surface area (Å²) in [6, 6.07) is 0.390. The first kappa shape index (κ1) is 13.3. The number of hydrogen-bond donors (Lipinski definition) is 1. The van der Waals surface area contributed by atoms with E-state index in [0.717, 1.165) is 5.69 Å². The minimum atomic E-state index is -0.130. The van der Waals surface area contributed by atoms with Gasteiger partial charge in [-0.15, -0.1) is 0 Å². The maximum Gasteiger partial charge on any atom is 0.293 e. The fraction of sp³-hybridized carbons (Fsp3) is 0.462. The Labute approximate surface area is 112 Å². The van der Waals surface area contributed by atoms with Gasteiger partial charge in [-0.2, -0.15) is 5.10 Å². The van der Waals surface area contributed by atoms with Gasteiger partial charge in [0.05, 0.1) is 11.9 Å². The molecule has 2 rings (SSSR count). The SMILES string of the molecule is CC(C)n1cc(Nc2nccn(C(C)C)c2=O)cn1. The van der Waals surface area contributed by atoms with Gasteiger partial charge in [-0.05, 0) is 27.7 Å². The van der Waals surface area contributed by atoms with Crippen LogP contribution in [0.1, 0.15) is 39.8 Å². The fourth-order valence-corrected chi connectivity index (χ4v) is 1.74. The molecule has 102 valence electrons. The Balaban J connectivity index is 2.28. The van der Waals surface area contributed by atoms with Crippen LogP contribution in [0.15, 0.2) is 29.6 Å². The second kappa shape index (κ2) is 5.26. The fourth-order valence-electron chi connectivity index (χ4n) is 1.74. The molecule has 0 saturated carbocycles. The van der Waals surface area contributed by atoms with E-state index in [-0.39, 0.29) is 17.6 Å². The van der Waals surface area contributed by atoms with Gasteiger partial charge >= 0.3 is 0 Å². The van der Waals surface area contributed by atoms with Crippen molar-refractivity contribution in [2.24, 2.45) is 0 Å². The van der Waals surface area contributed by atoms with E-state index in [4.69, 9.17) is 0 Å². The van der Waals surface area contributed by atoms with Crippen molar-refractivity contribution in [3.05, 3.63) is 35.1 Å². The first-order chi connectivity index (χ1) is 8.99. The zero-order valence-electron chi connectivity index (χ0n) is 11.7. The molecule has 0 saturated heterocycles. The van der Waals surface area contributed by atoms with Gasteiger partial charge in [-0.1, -0.05) is 0 Å². The van der Waals surface area contributed by atoms with Crippen LogP contribution in [0.4, 0.5) is 11.5 Å². The lowest BCUT2D eigenvalue weighted by atomic mass is 10.4. The van der Waals surface area contributed by atoms with E-state index < -0.39 is 0 Å². The Bertz CT molecular complexity index is 611. The number of hydrogen-bond acceptors (Lipinski definition) is 4. The van der Waals surface area contributed by atoms with Crippen molar-refractivity contribution >= 4 is 11.5 Å². The summed E-state index contributed by atoms with van der Waals surface area (Å²) in [6.45, 7) is 8.01. The van der Waals surface area contributed by atoms with E-state index in [9.17, 15) is 4.79 Å². The van der Waals surface area contributed by atoms with Crippen LogP contribution in [0.2, 0.25) is 0 Å². The molecule has 2 aromatic heterocycles. The maximum absolute atomic E-state index is 12.2. The highest BCUT2D eigenvalue weighted by Gasteiger charge is 2.09. The van der Waals surface area contributed by atoms with Gasteiger partial charge in [0.1, 0.15) is 0 Å². The van der Waals surface area contributed by atoms with Gasteiger partial charge < -0.3 is 9.88 Å². The summed E-state index contributed by atoms with van der Waals surface area (Å²) in [5.74, 6) is 0.319. The monoisotopic (exact) mass is 261 g/mol. The first-order valence-corrected chi connectivity index (χ1v) is 6.37. The lowest BCUT2D eigenvalue weighted by Crippen LogP contribution is -2.24. The summed E-state index contributed by atoms with van der Waals surface area (Å²) < 4.78 is 3.47. The number of rotatable bonds is 4. The number of anilines is 2. The maximum atomic E-state index is 12.2. The van der Waals surface area contributed by atoms with E-state index >= 15 is 0 Å². The average molecular weight is 261 g/mol. The summed E-state index contributed by atoms with van der Waals surface area (Å²) in [7, 11) is 0. The molecule has 6 heteroatoms. The molecule has 0 bridgehead atoms. The van der Waals surface area contributed by atoms with E-state index in [1.807, 2.05) is 38.6 Å². The van der Waals surface area contributed by atoms with E-state index in [0.29, 0.717) is 5.82 Å². The molecule has 2 aromatic rings.